The van der Waals surface area contributed by atoms with Gasteiger partial charge in [-0.3, -0.25) is 0 Å². The van der Waals surface area contributed by atoms with Crippen LogP contribution in [-0.2, 0) is 0 Å². The van der Waals surface area contributed by atoms with Crippen molar-refractivity contribution in [2.75, 3.05) is 18.0 Å². The SMILES string of the molecule is FC(F)(F)Oc1ccc(OC2CCN(c3ccccc3)CC2)cc1. The molecule has 0 saturated carbocycles. The summed E-state index contributed by atoms with van der Waals surface area (Å²) < 4.78 is 46.1. The van der Waals surface area contributed by atoms with E-state index in [2.05, 4.69) is 21.8 Å². The van der Waals surface area contributed by atoms with Crippen LogP contribution in [0.4, 0.5) is 18.9 Å². The zero-order valence-corrected chi connectivity index (χ0v) is 13.0. The first-order valence-electron chi connectivity index (χ1n) is 7.82. The van der Waals surface area contributed by atoms with Gasteiger partial charge in [0, 0.05) is 31.6 Å². The third-order valence-corrected chi connectivity index (χ3v) is 3.92. The lowest BCUT2D eigenvalue weighted by Crippen LogP contribution is -2.38. The minimum Gasteiger partial charge on any atom is -0.490 e. The van der Waals surface area contributed by atoms with E-state index in [4.69, 9.17) is 4.74 Å². The van der Waals surface area contributed by atoms with Crippen molar-refractivity contribution in [2.24, 2.45) is 0 Å². The Hall–Kier alpha value is -2.37. The maximum Gasteiger partial charge on any atom is 0.573 e. The van der Waals surface area contributed by atoms with Crippen LogP contribution < -0.4 is 14.4 Å². The molecule has 1 heterocycles. The van der Waals surface area contributed by atoms with Gasteiger partial charge >= 0.3 is 6.36 Å². The van der Waals surface area contributed by atoms with E-state index in [-0.39, 0.29) is 11.9 Å². The smallest absolute Gasteiger partial charge is 0.490 e. The Morgan fingerprint density at radius 1 is 0.833 bits per heavy atom. The van der Waals surface area contributed by atoms with E-state index < -0.39 is 6.36 Å². The molecule has 0 bridgehead atoms. The van der Waals surface area contributed by atoms with Crippen molar-refractivity contribution >= 4 is 5.69 Å². The summed E-state index contributed by atoms with van der Waals surface area (Å²) in [6.07, 6.45) is -2.86. The number of hydrogen-bond acceptors (Lipinski definition) is 3. The van der Waals surface area contributed by atoms with E-state index in [0.717, 1.165) is 25.9 Å². The van der Waals surface area contributed by atoms with E-state index in [1.807, 2.05) is 18.2 Å². The van der Waals surface area contributed by atoms with Crippen LogP contribution in [0.2, 0.25) is 0 Å². The lowest BCUT2D eigenvalue weighted by atomic mass is 10.1. The van der Waals surface area contributed by atoms with Crippen LogP contribution in [0.15, 0.2) is 54.6 Å². The number of ether oxygens (including phenoxy) is 2. The average molecular weight is 337 g/mol. The van der Waals surface area contributed by atoms with Crippen LogP contribution in [0.5, 0.6) is 11.5 Å². The van der Waals surface area contributed by atoms with E-state index in [0.29, 0.717) is 5.75 Å². The Morgan fingerprint density at radius 2 is 1.42 bits per heavy atom. The summed E-state index contributed by atoms with van der Waals surface area (Å²) in [4.78, 5) is 2.31. The maximum atomic E-state index is 12.1. The predicted molar refractivity (Wildman–Crippen MR) is 85.4 cm³/mol. The van der Waals surface area contributed by atoms with Gasteiger partial charge in [0.05, 0.1) is 0 Å². The van der Waals surface area contributed by atoms with Gasteiger partial charge in [-0.2, -0.15) is 0 Å². The zero-order chi connectivity index (χ0) is 17.0. The van der Waals surface area contributed by atoms with Crippen molar-refractivity contribution in [1.82, 2.24) is 0 Å². The fraction of sp³-hybridized carbons (Fsp3) is 0.333. The second-order valence-electron chi connectivity index (χ2n) is 5.66. The summed E-state index contributed by atoms with van der Waals surface area (Å²) in [7, 11) is 0. The number of para-hydroxylation sites is 1. The van der Waals surface area contributed by atoms with Gasteiger partial charge in [-0.25, -0.2) is 0 Å². The van der Waals surface area contributed by atoms with Gasteiger partial charge in [0.15, 0.2) is 0 Å². The van der Waals surface area contributed by atoms with E-state index >= 15 is 0 Å². The van der Waals surface area contributed by atoms with E-state index in [9.17, 15) is 13.2 Å². The highest BCUT2D eigenvalue weighted by molar-refractivity contribution is 5.46. The molecule has 2 aromatic carbocycles. The first kappa shape index (κ1) is 16.5. The highest BCUT2D eigenvalue weighted by Gasteiger charge is 2.31. The van der Waals surface area contributed by atoms with Gasteiger partial charge in [0.25, 0.3) is 0 Å². The summed E-state index contributed by atoms with van der Waals surface area (Å²) >= 11 is 0. The molecule has 1 aliphatic heterocycles. The fourth-order valence-electron chi connectivity index (χ4n) is 2.78. The number of halogens is 3. The average Bonchev–Trinajstić information content (AvgIpc) is 2.57. The van der Waals surface area contributed by atoms with Crippen LogP contribution in [0, 0.1) is 0 Å². The third-order valence-electron chi connectivity index (χ3n) is 3.92. The first-order valence-corrected chi connectivity index (χ1v) is 7.82. The van der Waals surface area contributed by atoms with Crippen LogP contribution in [0.25, 0.3) is 0 Å². The fourth-order valence-corrected chi connectivity index (χ4v) is 2.78. The Labute approximate surface area is 138 Å². The topological polar surface area (TPSA) is 21.7 Å². The molecule has 1 fully saturated rings. The van der Waals surface area contributed by atoms with Crippen molar-refractivity contribution < 1.29 is 22.6 Å². The number of hydrogen-bond donors (Lipinski definition) is 0. The summed E-state index contributed by atoms with van der Waals surface area (Å²) in [6.45, 7) is 1.79. The molecule has 0 atom stereocenters. The molecule has 128 valence electrons. The summed E-state index contributed by atoms with van der Waals surface area (Å²) in [5.41, 5.74) is 1.20. The van der Waals surface area contributed by atoms with Gasteiger partial charge in [0.1, 0.15) is 17.6 Å². The minimum atomic E-state index is -4.67. The highest BCUT2D eigenvalue weighted by Crippen LogP contribution is 2.27. The Morgan fingerprint density at radius 3 is 2.00 bits per heavy atom. The molecular weight excluding hydrogens is 319 g/mol. The molecule has 2 aromatic rings. The summed E-state index contributed by atoms with van der Waals surface area (Å²) in [5.74, 6) is 0.316. The van der Waals surface area contributed by atoms with Crippen molar-refractivity contribution in [3.8, 4) is 11.5 Å². The number of anilines is 1. The van der Waals surface area contributed by atoms with Crippen molar-refractivity contribution in [3.63, 3.8) is 0 Å². The standard InChI is InChI=1S/C18H18F3NO2/c19-18(20,21)24-17-8-6-15(7-9-17)23-16-10-12-22(13-11-16)14-4-2-1-3-5-14/h1-9,16H,10-13H2. The molecule has 0 N–H and O–H groups in total. The molecule has 0 aliphatic carbocycles. The lowest BCUT2D eigenvalue weighted by molar-refractivity contribution is -0.274. The van der Waals surface area contributed by atoms with Gasteiger partial charge in [-0.1, -0.05) is 18.2 Å². The molecule has 3 rings (SSSR count). The molecule has 0 spiro atoms. The number of alkyl halides is 3. The lowest BCUT2D eigenvalue weighted by Gasteiger charge is -2.33. The molecule has 1 aliphatic rings. The Kier molecular flexibility index (Phi) is 4.83. The Balaban J connectivity index is 1.51. The normalized spacial score (nSPS) is 16.0. The van der Waals surface area contributed by atoms with Gasteiger partial charge in [-0.15, -0.1) is 13.2 Å². The van der Waals surface area contributed by atoms with E-state index in [1.165, 1.54) is 30.0 Å². The van der Waals surface area contributed by atoms with Crippen molar-refractivity contribution in [3.05, 3.63) is 54.6 Å². The molecular formula is C18H18F3NO2. The second-order valence-corrected chi connectivity index (χ2v) is 5.66. The molecule has 3 nitrogen and oxygen atoms in total. The summed E-state index contributed by atoms with van der Waals surface area (Å²) in [6, 6.07) is 15.7. The van der Waals surface area contributed by atoms with Crippen LogP contribution >= 0.6 is 0 Å². The van der Waals surface area contributed by atoms with Gasteiger partial charge in [0.2, 0.25) is 0 Å². The van der Waals surface area contributed by atoms with Gasteiger partial charge in [-0.05, 0) is 36.4 Å². The Bertz CT molecular complexity index is 636. The first-order chi connectivity index (χ1) is 11.5. The van der Waals surface area contributed by atoms with Crippen molar-refractivity contribution in [2.45, 2.75) is 25.3 Å². The predicted octanol–water partition coefficient (Wildman–Crippen LogP) is 4.63. The number of benzene rings is 2. The molecule has 0 unspecified atom stereocenters. The van der Waals surface area contributed by atoms with E-state index in [1.54, 1.807) is 0 Å². The molecule has 0 amide bonds. The minimum absolute atomic E-state index is 0.0688. The highest BCUT2D eigenvalue weighted by atomic mass is 19.4. The monoisotopic (exact) mass is 337 g/mol. The van der Waals surface area contributed by atoms with Gasteiger partial charge < -0.3 is 14.4 Å². The molecule has 1 saturated heterocycles. The second kappa shape index (κ2) is 7.03. The van der Waals surface area contributed by atoms with Crippen LogP contribution in [-0.4, -0.2) is 25.6 Å². The largest absolute Gasteiger partial charge is 0.573 e. The molecule has 6 heteroatoms. The van der Waals surface area contributed by atoms with Crippen molar-refractivity contribution in [1.29, 1.82) is 0 Å². The maximum absolute atomic E-state index is 12.1. The molecule has 0 radical (unpaired) electrons. The molecule has 0 aromatic heterocycles. The van der Waals surface area contributed by atoms with Crippen LogP contribution in [0.1, 0.15) is 12.8 Å². The number of piperidine rings is 1. The number of rotatable bonds is 4. The zero-order valence-electron chi connectivity index (χ0n) is 13.0. The summed E-state index contributed by atoms with van der Waals surface area (Å²) in [5, 5.41) is 0. The molecule has 24 heavy (non-hydrogen) atoms. The number of nitrogens with zero attached hydrogens (tertiary/aromatic N) is 1. The quantitative estimate of drug-likeness (QED) is 0.812. The van der Waals surface area contributed by atoms with Crippen LogP contribution in [0.3, 0.4) is 0 Å². The third kappa shape index (κ3) is 4.57.